The van der Waals surface area contributed by atoms with Crippen LogP contribution >= 0.6 is 11.3 Å². The fourth-order valence-corrected chi connectivity index (χ4v) is 4.08. The van der Waals surface area contributed by atoms with E-state index in [0.717, 1.165) is 41.3 Å². The van der Waals surface area contributed by atoms with E-state index < -0.39 is 5.54 Å². The zero-order chi connectivity index (χ0) is 20.7. The molecule has 6 nitrogen and oxygen atoms in total. The fourth-order valence-electron chi connectivity index (χ4n) is 3.49. The Morgan fingerprint density at radius 1 is 1.21 bits per heavy atom. The maximum Gasteiger partial charge on any atom is 0.331 e. The standard InChI is InChI=1S/C22H26N2O4S/c1-16-23-18(15-29-16)14-28-19-9-6-17(7-10-19)8-11-20(25)24-22(21(26)27-2)12-4-3-5-13-22/h6-11,15H,3-5,12-14H2,1-2H3,(H,24,25)/b11-8+. The Bertz CT molecular complexity index is 867. The summed E-state index contributed by atoms with van der Waals surface area (Å²) in [6.07, 6.45) is 7.28. The number of ether oxygens (including phenoxy) is 2. The van der Waals surface area contributed by atoms with Gasteiger partial charge in [-0.15, -0.1) is 11.3 Å². The predicted octanol–water partition coefficient (Wildman–Crippen LogP) is 4.04. The van der Waals surface area contributed by atoms with Crippen molar-refractivity contribution in [3.63, 3.8) is 0 Å². The molecule has 3 rings (SSSR count). The van der Waals surface area contributed by atoms with Gasteiger partial charge in [0, 0.05) is 11.5 Å². The normalized spacial score (nSPS) is 15.8. The van der Waals surface area contributed by atoms with Crippen molar-refractivity contribution in [3.05, 3.63) is 52.0 Å². The highest BCUT2D eigenvalue weighted by atomic mass is 32.1. The van der Waals surface area contributed by atoms with Crippen LogP contribution in [0.2, 0.25) is 0 Å². The molecule has 1 aliphatic carbocycles. The summed E-state index contributed by atoms with van der Waals surface area (Å²) in [4.78, 5) is 29.0. The summed E-state index contributed by atoms with van der Waals surface area (Å²) >= 11 is 1.60. The van der Waals surface area contributed by atoms with Gasteiger partial charge in [0.05, 0.1) is 17.8 Å². The third kappa shape index (κ3) is 5.67. The maximum atomic E-state index is 12.4. The van der Waals surface area contributed by atoms with Crippen LogP contribution in [0.25, 0.3) is 6.08 Å². The molecule has 0 unspecified atom stereocenters. The number of aromatic nitrogens is 1. The summed E-state index contributed by atoms with van der Waals surface area (Å²) in [6, 6.07) is 7.46. The molecule has 1 aromatic carbocycles. The zero-order valence-electron chi connectivity index (χ0n) is 16.8. The first-order valence-corrected chi connectivity index (χ1v) is 10.6. The molecule has 2 aromatic rings. The first-order chi connectivity index (χ1) is 14.0. The highest BCUT2D eigenvalue weighted by Gasteiger charge is 2.41. The average Bonchev–Trinajstić information content (AvgIpc) is 3.16. The van der Waals surface area contributed by atoms with Crippen molar-refractivity contribution in [2.45, 2.75) is 51.2 Å². The Hall–Kier alpha value is -2.67. The summed E-state index contributed by atoms with van der Waals surface area (Å²) in [5.74, 6) is 0.0800. The largest absolute Gasteiger partial charge is 0.487 e. The first kappa shape index (κ1) is 21.0. The summed E-state index contributed by atoms with van der Waals surface area (Å²) in [5, 5.41) is 5.88. The van der Waals surface area contributed by atoms with Crippen molar-refractivity contribution in [1.29, 1.82) is 0 Å². The molecule has 1 aliphatic rings. The highest BCUT2D eigenvalue weighted by molar-refractivity contribution is 7.09. The molecule has 1 heterocycles. The van der Waals surface area contributed by atoms with Gasteiger partial charge in [0.2, 0.25) is 5.91 Å². The van der Waals surface area contributed by atoms with Gasteiger partial charge >= 0.3 is 5.97 Å². The van der Waals surface area contributed by atoms with Crippen LogP contribution in [0.5, 0.6) is 5.75 Å². The van der Waals surface area contributed by atoms with Crippen molar-refractivity contribution >= 4 is 29.3 Å². The van der Waals surface area contributed by atoms with Crippen LogP contribution in [0.15, 0.2) is 35.7 Å². The van der Waals surface area contributed by atoms with Gasteiger partial charge in [-0.2, -0.15) is 0 Å². The van der Waals surface area contributed by atoms with Gasteiger partial charge in [-0.3, -0.25) is 4.79 Å². The summed E-state index contributed by atoms with van der Waals surface area (Å²) in [6.45, 7) is 2.39. The highest BCUT2D eigenvalue weighted by Crippen LogP contribution is 2.29. The molecule has 1 amide bonds. The van der Waals surface area contributed by atoms with Gasteiger partial charge in [-0.25, -0.2) is 9.78 Å². The third-order valence-electron chi connectivity index (χ3n) is 5.01. The first-order valence-electron chi connectivity index (χ1n) is 9.73. The van der Waals surface area contributed by atoms with Crippen LogP contribution in [0.1, 0.15) is 48.4 Å². The topological polar surface area (TPSA) is 77.5 Å². The van der Waals surface area contributed by atoms with Crippen molar-refractivity contribution in [2.24, 2.45) is 0 Å². The number of benzene rings is 1. The maximum absolute atomic E-state index is 12.4. The molecule has 0 aliphatic heterocycles. The Kier molecular flexibility index (Phi) is 7.04. The van der Waals surface area contributed by atoms with Crippen LogP contribution in [0, 0.1) is 6.92 Å². The lowest BCUT2D eigenvalue weighted by Crippen LogP contribution is -2.55. The van der Waals surface area contributed by atoms with Crippen molar-refractivity contribution in [1.82, 2.24) is 10.3 Å². The van der Waals surface area contributed by atoms with Crippen LogP contribution in [0.3, 0.4) is 0 Å². The molecule has 29 heavy (non-hydrogen) atoms. The van der Waals surface area contributed by atoms with Crippen LogP contribution in [-0.4, -0.2) is 29.5 Å². The second-order valence-corrected chi connectivity index (χ2v) is 8.23. The lowest BCUT2D eigenvalue weighted by molar-refractivity contribution is -0.152. The third-order valence-corrected chi connectivity index (χ3v) is 5.83. The van der Waals surface area contributed by atoms with E-state index in [9.17, 15) is 9.59 Å². The number of esters is 1. The van der Waals surface area contributed by atoms with Crippen molar-refractivity contribution in [2.75, 3.05) is 7.11 Å². The van der Waals surface area contributed by atoms with E-state index in [1.165, 1.54) is 13.2 Å². The number of hydrogen-bond acceptors (Lipinski definition) is 6. The van der Waals surface area contributed by atoms with E-state index >= 15 is 0 Å². The Morgan fingerprint density at radius 3 is 2.55 bits per heavy atom. The minimum atomic E-state index is -0.903. The molecule has 0 atom stereocenters. The Balaban J connectivity index is 1.55. The van der Waals surface area contributed by atoms with Crippen molar-refractivity contribution < 1.29 is 19.1 Å². The quantitative estimate of drug-likeness (QED) is 0.547. The number of nitrogens with one attached hydrogen (secondary N) is 1. The molecule has 0 bridgehead atoms. The molecule has 1 aromatic heterocycles. The fraction of sp³-hybridized carbons (Fsp3) is 0.409. The van der Waals surface area contributed by atoms with Gasteiger partial charge in [-0.1, -0.05) is 31.4 Å². The molecule has 1 fully saturated rings. The molecule has 7 heteroatoms. The van der Waals surface area contributed by atoms with Gasteiger partial charge in [0.15, 0.2) is 0 Å². The number of hydrogen-bond donors (Lipinski definition) is 1. The van der Waals surface area contributed by atoms with E-state index in [2.05, 4.69) is 10.3 Å². The van der Waals surface area contributed by atoms with Gasteiger partial charge < -0.3 is 14.8 Å². The molecule has 0 radical (unpaired) electrons. The van der Waals surface area contributed by atoms with Gasteiger partial charge in [0.25, 0.3) is 0 Å². The summed E-state index contributed by atoms with van der Waals surface area (Å²) < 4.78 is 10.7. The van der Waals surface area contributed by atoms with Gasteiger partial charge in [-0.05, 0) is 43.5 Å². The monoisotopic (exact) mass is 414 g/mol. The predicted molar refractivity (Wildman–Crippen MR) is 113 cm³/mol. The van der Waals surface area contributed by atoms with E-state index in [4.69, 9.17) is 9.47 Å². The van der Waals surface area contributed by atoms with E-state index in [1.807, 2.05) is 36.6 Å². The van der Waals surface area contributed by atoms with Crippen molar-refractivity contribution in [3.8, 4) is 5.75 Å². The lowest BCUT2D eigenvalue weighted by atomic mass is 9.81. The smallest absolute Gasteiger partial charge is 0.331 e. The van der Waals surface area contributed by atoms with Gasteiger partial charge in [0.1, 0.15) is 17.9 Å². The zero-order valence-corrected chi connectivity index (χ0v) is 17.6. The molecular formula is C22H26N2O4S. The SMILES string of the molecule is COC(=O)C1(NC(=O)/C=C/c2ccc(OCc3csc(C)n3)cc2)CCCCC1. The lowest BCUT2D eigenvalue weighted by Gasteiger charge is -2.34. The second-order valence-electron chi connectivity index (χ2n) is 7.17. The minimum absolute atomic E-state index is 0.295. The molecular weight excluding hydrogens is 388 g/mol. The molecule has 1 N–H and O–H groups in total. The minimum Gasteiger partial charge on any atom is -0.487 e. The number of aryl methyl sites for hydroxylation is 1. The number of amides is 1. The molecule has 1 saturated carbocycles. The number of methoxy groups -OCH3 is 1. The van der Waals surface area contributed by atoms with E-state index in [0.29, 0.717) is 19.4 Å². The molecule has 154 valence electrons. The number of rotatable bonds is 7. The number of thiazole rings is 1. The number of carbonyl (C=O) groups excluding carboxylic acids is 2. The Morgan fingerprint density at radius 2 is 1.93 bits per heavy atom. The Labute approximate surface area is 174 Å². The summed E-state index contributed by atoms with van der Waals surface area (Å²) in [5.41, 5.74) is 0.878. The number of carbonyl (C=O) groups is 2. The molecule has 0 saturated heterocycles. The molecule has 0 spiro atoms. The second kappa shape index (κ2) is 9.69. The van der Waals surface area contributed by atoms with E-state index in [1.54, 1.807) is 17.4 Å². The van der Waals surface area contributed by atoms with Crippen LogP contribution in [-0.2, 0) is 20.9 Å². The van der Waals surface area contributed by atoms with Crippen LogP contribution in [0.4, 0.5) is 0 Å². The van der Waals surface area contributed by atoms with E-state index in [-0.39, 0.29) is 11.9 Å². The van der Waals surface area contributed by atoms with Crippen LogP contribution < -0.4 is 10.1 Å². The average molecular weight is 415 g/mol. The summed E-state index contributed by atoms with van der Waals surface area (Å²) in [7, 11) is 1.36. The number of nitrogens with zero attached hydrogens (tertiary/aromatic N) is 1.